The number of thiophene rings is 1. The molecule has 2 rings (SSSR count). The Morgan fingerprint density at radius 3 is 2.90 bits per heavy atom. The predicted molar refractivity (Wildman–Crippen MR) is 86.5 cm³/mol. The van der Waals surface area contributed by atoms with E-state index in [2.05, 4.69) is 11.4 Å². The van der Waals surface area contributed by atoms with Gasteiger partial charge in [-0.25, -0.2) is 0 Å². The summed E-state index contributed by atoms with van der Waals surface area (Å²) in [5.74, 6) is 0.0115. The Bertz CT molecular complexity index is 621. The fraction of sp³-hybridized carbons (Fsp3) is 0.400. The number of nitrogens with one attached hydrogen (secondary N) is 1. The van der Waals surface area contributed by atoms with Crippen molar-refractivity contribution < 1.29 is 4.79 Å². The van der Waals surface area contributed by atoms with Crippen LogP contribution >= 0.6 is 11.3 Å². The number of carbonyl (C=O) groups excluding carboxylic acids is 1. The third-order valence-corrected chi connectivity index (χ3v) is 4.50. The van der Waals surface area contributed by atoms with Crippen LogP contribution < -0.4 is 11.1 Å². The lowest BCUT2D eigenvalue weighted by molar-refractivity contribution is 0.0799. The Labute approximate surface area is 123 Å². The molecule has 108 valence electrons. The van der Waals surface area contributed by atoms with Gasteiger partial charge in [-0.05, 0) is 38.6 Å². The summed E-state index contributed by atoms with van der Waals surface area (Å²) < 4.78 is 1.08. The second kappa shape index (κ2) is 6.24. The molecule has 0 spiro atoms. The fourth-order valence-corrected chi connectivity index (χ4v) is 3.37. The molecule has 20 heavy (non-hydrogen) atoms. The molecule has 0 fully saturated rings. The summed E-state index contributed by atoms with van der Waals surface area (Å²) in [5.41, 5.74) is 7.92. The molecule has 0 aliphatic carbocycles. The van der Waals surface area contributed by atoms with Crippen LogP contribution in [0, 0.1) is 6.92 Å². The van der Waals surface area contributed by atoms with Crippen LogP contribution in [0.5, 0.6) is 0 Å². The highest BCUT2D eigenvalue weighted by Gasteiger charge is 2.19. The fourth-order valence-electron chi connectivity index (χ4n) is 2.15. The number of rotatable bonds is 5. The summed E-state index contributed by atoms with van der Waals surface area (Å²) >= 11 is 1.48. The van der Waals surface area contributed by atoms with Crippen LogP contribution in [0.25, 0.3) is 10.1 Å². The van der Waals surface area contributed by atoms with Gasteiger partial charge < -0.3 is 16.0 Å². The van der Waals surface area contributed by atoms with Crippen molar-refractivity contribution in [1.29, 1.82) is 0 Å². The van der Waals surface area contributed by atoms with E-state index in [1.165, 1.54) is 16.9 Å². The predicted octanol–water partition coefficient (Wildman–Crippen LogP) is 2.47. The molecule has 1 aromatic carbocycles. The molecule has 0 saturated carbocycles. The average Bonchev–Trinajstić information content (AvgIpc) is 2.74. The Hall–Kier alpha value is -1.59. The zero-order chi connectivity index (χ0) is 14.7. The van der Waals surface area contributed by atoms with Gasteiger partial charge in [-0.3, -0.25) is 4.79 Å². The lowest BCUT2D eigenvalue weighted by Crippen LogP contribution is -2.29. The molecule has 0 atom stereocenters. The Morgan fingerprint density at radius 1 is 1.45 bits per heavy atom. The van der Waals surface area contributed by atoms with Gasteiger partial charge in [0.15, 0.2) is 0 Å². The van der Waals surface area contributed by atoms with Gasteiger partial charge in [-0.2, -0.15) is 0 Å². The van der Waals surface area contributed by atoms with Gasteiger partial charge in [0, 0.05) is 23.7 Å². The molecule has 3 N–H and O–H groups in total. The molecule has 1 aromatic heterocycles. The van der Waals surface area contributed by atoms with Crippen LogP contribution in [0.4, 0.5) is 5.69 Å². The van der Waals surface area contributed by atoms with Gasteiger partial charge in [0.1, 0.15) is 4.88 Å². The minimum absolute atomic E-state index is 0.0115. The molecule has 0 unspecified atom stereocenters. The topological polar surface area (TPSA) is 58.4 Å². The molecule has 0 radical (unpaired) electrons. The monoisotopic (exact) mass is 291 g/mol. The quantitative estimate of drug-likeness (QED) is 0.832. The molecule has 0 aliphatic heterocycles. The first-order valence-electron chi connectivity index (χ1n) is 6.73. The Kier molecular flexibility index (Phi) is 4.62. The molecule has 1 heterocycles. The maximum absolute atomic E-state index is 12.5. The number of anilines is 1. The number of nitrogens with two attached hydrogens (primary N) is 1. The summed E-state index contributed by atoms with van der Waals surface area (Å²) in [7, 11) is 3.74. The number of nitrogens with zero attached hydrogens (tertiary/aromatic N) is 1. The first-order valence-corrected chi connectivity index (χ1v) is 7.55. The highest BCUT2D eigenvalue weighted by Crippen LogP contribution is 2.34. The summed E-state index contributed by atoms with van der Waals surface area (Å²) in [6.45, 7) is 3.67. The second-order valence-corrected chi connectivity index (χ2v) is 6.08. The zero-order valence-corrected chi connectivity index (χ0v) is 13.0. The zero-order valence-electron chi connectivity index (χ0n) is 12.2. The lowest BCUT2D eigenvalue weighted by Gasteiger charge is -2.16. The first kappa shape index (κ1) is 14.8. The van der Waals surface area contributed by atoms with Crippen LogP contribution in [-0.2, 0) is 0 Å². The van der Waals surface area contributed by atoms with Crippen molar-refractivity contribution in [2.75, 3.05) is 32.9 Å². The average molecular weight is 291 g/mol. The number of fused-ring (bicyclic) bond motifs is 1. The van der Waals surface area contributed by atoms with Crippen molar-refractivity contribution in [3.8, 4) is 0 Å². The highest BCUT2D eigenvalue weighted by molar-refractivity contribution is 7.21. The standard InChI is InChI=1S/C15H21N3OS/c1-10-5-6-11-12(9-10)20-14(13(11)16)15(19)18(3)8-4-7-17-2/h5-6,9,17H,4,7-8,16H2,1-3H3. The Balaban J connectivity index is 2.23. The summed E-state index contributed by atoms with van der Waals surface area (Å²) in [5, 5.41) is 4.06. The Morgan fingerprint density at radius 2 is 2.20 bits per heavy atom. The van der Waals surface area contributed by atoms with Crippen LogP contribution in [0.2, 0.25) is 0 Å². The molecule has 0 bridgehead atoms. The smallest absolute Gasteiger partial charge is 0.265 e. The maximum Gasteiger partial charge on any atom is 0.265 e. The number of nitrogen functional groups attached to an aromatic ring is 1. The molecular weight excluding hydrogens is 270 g/mol. The lowest BCUT2D eigenvalue weighted by atomic mass is 10.1. The van der Waals surface area contributed by atoms with Gasteiger partial charge in [-0.1, -0.05) is 12.1 Å². The van der Waals surface area contributed by atoms with E-state index < -0.39 is 0 Å². The summed E-state index contributed by atoms with van der Waals surface area (Å²) in [4.78, 5) is 14.8. The van der Waals surface area contributed by atoms with E-state index in [0.717, 1.165) is 29.6 Å². The van der Waals surface area contributed by atoms with E-state index in [0.29, 0.717) is 10.6 Å². The normalized spacial score (nSPS) is 10.9. The largest absolute Gasteiger partial charge is 0.397 e. The van der Waals surface area contributed by atoms with Crippen molar-refractivity contribution in [3.05, 3.63) is 28.6 Å². The minimum Gasteiger partial charge on any atom is -0.397 e. The third kappa shape index (κ3) is 2.94. The van der Waals surface area contributed by atoms with Gasteiger partial charge in [0.05, 0.1) is 5.69 Å². The highest BCUT2D eigenvalue weighted by atomic mass is 32.1. The van der Waals surface area contributed by atoms with E-state index in [1.54, 1.807) is 4.90 Å². The van der Waals surface area contributed by atoms with Gasteiger partial charge in [0.2, 0.25) is 0 Å². The summed E-state index contributed by atoms with van der Waals surface area (Å²) in [6.07, 6.45) is 0.933. The van der Waals surface area contributed by atoms with Crippen LogP contribution in [-0.4, -0.2) is 38.0 Å². The van der Waals surface area contributed by atoms with Gasteiger partial charge in [-0.15, -0.1) is 11.3 Å². The van der Waals surface area contributed by atoms with E-state index in [9.17, 15) is 4.79 Å². The van der Waals surface area contributed by atoms with Crippen LogP contribution in [0.1, 0.15) is 21.7 Å². The van der Waals surface area contributed by atoms with Gasteiger partial charge in [0.25, 0.3) is 5.91 Å². The number of amides is 1. The van der Waals surface area contributed by atoms with Crippen LogP contribution in [0.15, 0.2) is 18.2 Å². The number of hydrogen-bond acceptors (Lipinski definition) is 4. The van der Waals surface area contributed by atoms with Crippen molar-refractivity contribution in [1.82, 2.24) is 10.2 Å². The molecule has 2 aromatic rings. The molecule has 4 nitrogen and oxygen atoms in total. The van der Waals surface area contributed by atoms with E-state index in [-0.39, 0.29) is 5.91 Å². The van der Waals surface area contributed by atoms with E-state index in [4.69, 9.17) is 5.73 Å². The van der Waals surface area contributed by atoms with Crippen molar-refractivity contribution in [3.63, 3.8) is 0 Å². The van der Waals surface area contributed by atoms with Crippen molar-refractivity contribution in [2.24, 2.45) is 0 Å². The molecule has 1 amide bonds. The van der Waals surface area contributed by atoms with E-state index >= 15 is 0 Å². The number of carbonyl (C=O) groups is 1. The van der Waals surface area contributed by atoms with Crippen LogP contribution in [0.3, 0.4) is 0 Å². The molecular formula is C15H21N3OS. The molecule has 5 heteroatoms. The number of benzene rings is 1. The van der Waals surface area contributed by atoms with E-state index in [1.807, 2.05) is 33.2 Å². The number of hydrogen-bond donors (Lipinski definition) is 2. The minimum atomic E-state index is 0.0115. The summed E-state index contributed by atoms with van der Waals surface area (Å²) in [6, 6.07) is 6.10. The number of aryl methyl sites for hydroxylation is 1. The third-order valence-electron chi connectivity index (χ3n) is 3.35. The van der Waals surface area contributed by atoms with Crippen molar-refractivity contribution in [2.45, 2.75) is 13.3 Å². The second-order valence-electron chi connectivity index (χ2n) is 5.03. The first-order chi connectivity index (χ1) is 9.54. The van der Waals surface area contributed by atoms with Gasteiger partial charge >= 0.3 is 0 Å². The maximum atomic E-state index is 12.5. The molecule has 0 saturated heterocycles. The molecule has 0 aliphatic rings. The van der Waals surface area contributed by atoms with Crippen molar-refractivity contribution >= 4 is 33.0 Å². The SMILES string of the molecule is CNCCCN(C)C(=O)c1sc2cc(C)ccc2c1N.